The molecule has 1 amide bonds. The van der Waals surface area contributed by atoms with Crippen LogP contribution in [0.3, 0.4) is 0 Å². The zero-order valence-corrected chi connectivity index (χ0v) is 23.1. The normalized spacial score (nSPS) is 14.1. The number of likely N-dealkylation sites (tertiary alicyclic amines) is 1. The number of hydrogen-bond donors (Lipinski definition) is 2. The minimum atomic E-state index is -0.230. The lowest BCUT2D eigenvalue weighted by molar-refractivity contribution is -0.130. The van der Waals surface area contributed by atoms with Crippen molar-refractivity contribution in [3.8, 4) is 17.2 Å². The van der Waals surface area contributed by atoms with Gasteiger partial charge in [0.25, 0.3) is 5.56 Å². The Kier molecular flexibility index (Phi) is 8.86. The van der Waals surface area contributed by atoms with Crippen LogP contribution in [-0.2, 0) is 11.8 Å². The summed E-state index contributed by atoms with van der Waals surface area (Å²) in [5.41, 5.74) is 2.35. The Labute approximate surface area is 227 Å². The molecule has 1 aliphatic heterocycles. The Morgan fingerprint density at radius 1 is 1.29 bits per heavy atom. The molecule has 11 heteroatoms. The Morgan fingerprint density at radius 3 is 2.74 bits per heavy atom. The molecule has 2 N–H and O–H groups in total. The van der Waals surface area contributed by atoms with Gasteiger partial charge in [-0.3, -0.25) is 14.2 Å². The SMILES string of the molecule is CCN(C)SNc1cccc(-c2cc3cnc(NCCC4CCN(C(C)=O)CC4)nc3n(C)c2=O)c1C#N. The zero-order chi connectivity index (χ0) is 27.2. The lowest BCUT2D eigenvalue weighted by Crippen LogP contribution is -2.37. The third-order valence-electron chi connectivity index (χ3n) is 7.07. The van der Waals surface area contributed by atoms with Crippen molar-refractivity contribution < 1.29 is 4.79 Å². The summed E-state index contributed by atoms with van der Waals surface area (Å²) in [6, 6.07) is 9.48. The van der Waals surface area contributed by atoms with Crippen LogP contribution in [0.15, 0.2) is 35.3 Å². The van der Waals surface area contributed by atoms with Crippen molar-refractivity contribution in [3.63, 3.8) is 0 Å². The van der Waals surface area contributed by atoms with E-state index in [4.69, 9.17) is 0 Å². The molecule has 3 aromatic rings. The number of amides is 1. The highest BCUT2D eigenvalue weighted by atomic mass is 32.2. The number of hydrogen-bond acceptors (Lipinski definition) is 9. The topological polar surface area (TPSA) is 119 Å². The summed E-state index contributed by atoms with van der Waals surface area (Å²) in [6.45, 7) is 6.86. The van der Waals surface area contributed by atoms with Crippen LogP contribution in [0.1, 0.15) is 38.7 Å². The number of nitrogens with one attached hydrogen (secondary N) is 2. The number of nitrogens with zero attached hydrogens (tertiary/aromatic N) is 6. The summed E-state index contributed by atoms with van der Waals surface area (Å²) in [5, 5.41) is 13.9. The molecule has 0 radical (unpaired) electrons. The molecular formula is C27H34N8O2S. The average molecular weight is 535 g/mol. The van der Waals surface area contributed by atoms with E-state index in [0.29, 0.717) is 45.3 Å². The first kappa shape index (κ1) is 27.4. The second-order valence-electron chi connectivity index (χ2n) is 9.54. The Bertz CT molecular complexity index is 1410. The monoisotopic (exact) mass is 534 g/mol. The van der Waals surface area contributed by atoms with E-state index < -0.39 is 0 Å². The van der Waals surface area contributed by atoms with Crippen molar-refractivity contribution >= 4 is 40.7 Å². The van der Waals surface area contributed by atoms with E-state index in [1.165, 1.54) is 16.7 Å². The van der Waals surface area contributed by atoms with E-state index in [1.807, 2.05) is 35.3 Å². The summed E-state index contributed by atoms with van der Waals surface area (Å²) in [6.07, 6.45) is 4.69. The molecule has 4 rings (SSSR count). The number of pyridine rings is 1. The molecule has 1 aliphatic rings. The van der Waals surface area contributed by atoms with Gasteiger partial charge in [-0.05, 0) is 44.4 Å². The minimum Gasteiger partial charge on any atom is -0.354 e. The number of carbonyl (C=O) groups is 1. The maximum Gasteiger partial charge on any atom is 0.259 e. The molecule has 0 saturated carbocycles. The van der Waals surface area contributed by atoms with Crippen LogP contribution in [0.2, 0.25) is 0 Å². The summed E-state index contributed by atoms with van der Waals surface area (Å²) in [7, 11) is 3.64. The van der Waals surface area contributed by atoms with Gasteiger partial charge in [0.2, 0.25) is 11.9 Å². The fraction of sp³-hybridized carbons (Fsp3) is 0.444. The number of piperidine rings is 1. The molecule has 38 heavy (non-hydrogen) atoms. The Hall–Kier alpha value is -3.62. The van der Waals surface area contributed by atoms with E-state index in [0.717, 1.165) is 45.4 Å². The van der Waals surface area contributed by atoms with Crippen LogP contribution >= 0.6 is 12.1 Å². The van der Waals surface area contributed by atoms with E-state index in [-0.39, 0.29) is 11.5 Å². The molecule has 200 valence electrons. The third kappa shape index (κ3) is 6.09. The largest absolute Gasteiger partial charge is 0.354 e. The first-order valence-electron chi connectivity index (χ1n) is 12.9. The number of anilines is 2. The average Bonchev–Trinajstić information content (AvgIpc) is 2.93. The van der Waals surface area contributed by atoms with E-state index >= 15 is 0 Å². The van der Waals surface area contributed by atoms with Gasteiger partial charge in [0.1, 0.15) is 11.7 Å². The first-order valence-corrected chi connectivity index (χ1v) is 13.6. The fourth-order valence-corrected chi connectivity index (χ4v) is 5.18. The minimum absolute atomic E-state index is 0.145. The third-order valence-corrected chi connectivity index (χ3v) is 7.95. The number of benzene rings is 1. The molecule has 0 unspecified atom stereocenters. The van der Waals surface area contributed by atoms with Crippen LogP contribution in [-0.4, -0.2) is 62.9 Å². The maximum atomic E-state index is 13.4. The summed E-state index contributed by atoms with van der Waals surface area (Å²) in [4.78, 5) is 35.9. The van der Waals surface area contributed by atoms with Crippen LogP contribution in [0.4, 0.5) is 11.6 Å². The van der Waals surface area contributed by atoms with Crippen LogP contribution < -0.4 is 15.6 Å². The molecule has 1 aromatic carbocycles. The van der Waals surface area contributed by atoms with Crippen molar-refractivity contribution in [3.05, 3.63) is 46.4 Å². The maximum absolute atomic E-state index is 13.4. The van der Waals surface area contributed by atoms with Crippen molar-refractivity contribution in [1.29, 1.82) is 5.26 Å². The molecule has 0 bridgehead atoms. The van der Waals surface area contributed by atoms with Gasteiger partial charge in [0.05, 0.1) is 11.3 Å². The first-order chi connectivity index (χ1) is 18.3. The van der Waals surface area contributed by atoms with Gasteiger partial charge in [0.15, 0.2) is 0 Å². The number of carbonyl (C=O) groups excluding carboxylic acids is 1. The predicted octanol–water partition coefficient (Wildman–Crippen LogP) is 3.85. The molecule has 2 aromatic heterocycles. The van der Waals surface area contributed by atoms with Gasteiger partial charge >= 0.3 is 0 Å². The van der Waals surface area contributed by atoms with Crippen molar-refractivity contribution in [2.24, 2.45) is 13.0 Å². The molecule has 0 aliphatic carbocycles. The molecular weight excluding hydrogens is 500 g/mol. The summed E-state index contributed by atoms with van der Waals surface area (Å²) < 4.78 is 6.73. The van der Waals surface area contributed by atoms with Crippen LogP contribution in [0, 0.1) is 17.2 Å². The molecule has 10 nitrogen and oxygen atoms in total. The zero-order valence-electron chi connectivity index (χ0n) is 22.3. The van der Waals surface area contributed by atoms with Crippen LogP contribution in [0.25, 0.3) is 22.2 Å². The quantitative estimate of drug-likeness (QED) is 0.395. The van der Waals surface area contributed by atoms with Gasteiger partial charge in [-0.1, -0.05) is 19.1 Å². The second-order valence-corrected chi connectivity index (χ2v) is 10.5. The molecule has 0 atom stereocenters. The molecule has 1 saturated heterocycles. The van der Waals surface area contributed by atoms with Gasteiger partial charge in [0, 0.05) is 75.0 Å². The highest BCUT2D eigenvalue weighted by Crippen LogP contribution is 2.30. The van der Waals surface area contributed by atoms with Gasteiger partial charge in [-0.25, -0.2) is 9.29 Å². The summed E-state index contributed by atoms with van der Waals surface area (Å²) in [5.74, 6) is 1.18. The lowest BCUT2D eigenvalue weighted by Gasteiger charge is -2.31. The second kappa shape index (κ2) is 12.3. The number of rotatable bonds is 9. The highest BCUT2D eigenvalue weighted by Gasteiger charge is 2.21. The van der Waals surface area contributed by atoms with Crippen molar-refractivity contribution in [1.82, 2.24) is 23.7 Å². The van der Waals surface area contributed by atoms with Gasteiger partial charge in [-0.2, -0.15) is 10.2 Å². The van der Waals surface area contributed by atoms with Crippen molar-refractivity contribution in [2.45, 2.75) is 33.1 Å². The Balaban J connectivity index is 1.52. The van der Waals surface area contributed by atoms with Gasteiger partial charge < -0.3 is 14.9 Å². The van der Waals surface area contributed by atoms with Crippen LogP contribution in [0.5, 0.6) is 0 Å². The number of nitriles is 1. The molecule has 3 heterocycles. The summed E-state index contributed by atoms with van der Waals surface area (Å²) >= 11 is 1.40. The highest BCUT2D eigenvalue weighted by molar-refractivity contribution is 7.98. The fourth-order valence-electron chi connectivity index (χ4n) is 4.62. The number of fused-ring (bicyclic) bond motifs is 1. The van der Waals surface area contributed by atoms with Gasteiger partial charge in [-0.15, -0.1) is 0 Å². The molecule has 0 spiro atoms. The standard InChI is InChI=1S/C27H34N8O2S/c1-5-33(3)38-32-24-8-6-7-21(23(24)16-28)22-15-20-17-30-27(31-25(20)34(4)26(22)37)29-12-9-19-10-13-35(14-11-19)18(2)36/h6-8,15,17,19,32H,5,9-14H2,1-4H3,(H,29,30,31). The van der Waals surface area contributed by atoms with Crippen molar-refractivity contribution in [2.75, 3.05) is 43.3 Å². The van der Waals surface area contributed by atoms with E-state index in [1.54, 1.807) is 32.3 Å². The molecule has 1 fully saturated rings. The Morgan fingerprint density at radius 2 is 2.05 bits per heavy atom. The predicted molar refractivity (Wildman–Crippen MR) is 153 cm³/mol. The van der Waals surface area contributed by atoms with E-state index in [9.17, 15) is 14.9 Å². The number of aryl methyl sites for hydroxylation is 1. The van der Waals surface area contributed by atoms with E-state index in [2.05, 4.69) is 26.1 Å². The number of aromatic nitrogens is 3. The lowest BCUT2D eigenvalue weighted by atomic mass is 9.93. The smallest absolute Gasteiger partial charge is 0.259 e.